The fourth-order valence-electron chi connectivity index (χ4n) is 6.56. The van der Waals surface area contributed by atoms with E-state index in [1.165, 1.54) is 68.8 Å². The maximum atomic E-state index is 6.00. The normalized spacial score (nSPS) is 19.6. The molecule has 0 bridgehead atoms. The van der Waals surface area contributed by atoms with Crippen LogP contribution in [0, 0.1) is 0 Å². The molecule has 0 saturated carbocycles. The van der Waals surface area contributed by atoms with Gasteiger partial charge in [0.2, 0.25) is 11.9 Å². The van der Waals surface area contributed by atoms with E-state index in [-0.39, 0.29) is 0 Å². The molecule has 0 unspecified atom stereocenters. The Kier molecular flexibility index (Phi) is 7.57. The molecule has 2 fully saturated rings. The zero-order chi connectivity index (χ0) is 27.9. The van der Waals surface area contributed by atoms with Crippen LogP contribution in [0.3, 0.4) is 0 Å². The molecule has 0 aromatic carbocycles. The summed E-state index contributed by atoms with van der Waals surface area (Å²) in [5, 5.41) is 3.38. The first kappa shape index (κ1) is 27.1. The van der Waals surface area contributed by atoms with Gasteiger partial charge in [-0.3, -0.25) is 0 Å². The van der Waals surface area contributed by atoms with Gasteiger partial charge in [0.25, 0.3) is 0 Å². The molecule has 0 spiro atoms. The minimum absolute atomic E-state index is 0.414. The number of hydrogen-bond acceptors (Lipinski definition) is 12. The number of hydrogen-bond donors (Lipinski definition) is 3. The van der Waals surface area contributed by atoms with E-state index >= 15 is 0 Å². The highest BCUT2D eigenvalue weighted by Gasteiger charge is 2.25. The lowest BCUT2D eigenvalue weighted by Crippen LogP contribution is -2.44. The number of aryl methyl sites for hydroxylation is 4. The molecular weight excluding hydrogens is 553 g/mol. The third kappa shape index (κ3) is 5.31. The van der Waals surface area contributed by atoms with Crippen LogP contribution in [0.15, 0.2) is 0 Å². The van der Waals surface area contributed by atoms with Crippen molar-refractivity contribution in [2.45, 2.75) is 51.4 Å². The number of anilines is 4. The lowest BCUT2D eigenvalue weighted by Gasteiger charge is -2.33. The van der Waals surface area contributed by atoms with Gasteiger partial charge in [0.15, 0.2) is 11.6 Å². The summed E-state index contributed by atoms with van der Waals surface area (Å²) >= 11 is 3.78. The summed E-state index contributed by atoms with van der Waals surface area (Å²) in [7, 11) is 2.17. The highest BCUT2D eigenvalue weighted by molar-refractivity contribution is 7.20. The third-order valence-electron chi connectivity index (χ3n) is 8.81. The van der Waals surface area contributed by atoms with Crippen LogP contribution in [0.25, 0.3) is 20.4 Å². The summed E-state index contributed by atoms with van der Waals surface area (Å²) in [6, 6.07) is 0. The summed E-state index contributed by atoms with van der Waals surface area (Å²) in [5.41, 5.74) is 17.1. The number of aromatic nitrogens is 4. The number of nitrogens with one attached hydrogen (secondary N) is 1. The molecular formula is C29H40N10S2. The van der Waals surface area contributed by atoms with Crippen molar-refractivity contribution in [1.29, 1.82) is 0 Å². The number of likely N-dealkylation sites (N-methyl/N-ethyl adjacent to an activating group) is 1. The quantitative estimate of drug-likeness (QED) is 0.319. The van der Waals surface area contributed by atoms with Crippen molar-refractivity contribution < 1.29 is 0 Å². The van der Waals surface area contributed by atoms with Gasteiger partial charge < -0.3 is 31.5 Å². The molecule has 2 saturated heterocycles. The van der Waals surface area contributed by atoms with Gasteiger partial charge in [0.1, 0.15) is 0 Å². The van der Waals surface area contributed by atoms with Crippen molar-refractivity contribution in [3.63, 3.8) is 0 Å². The molecule has 2 aliphatic heterocycles. The van der Waals surface area contributed by atoms with E-state index in [9.17, 15) is 0 Å². The molecule has 2 aliphatic carbocycles. The lowest BCUT2D eigenvalue weighted by atomic mass is 9.98. The molecule has 6 heterocycles. The van der Waals surface area contributed by atoms with E-state index in [0.717, 1.165) is 87.9 Å². The van der Waals surface area contributed by atoms with Crippen LogP contribution in [0.2, 0.25) is 0 Å². The van der Waals surface area contributed by atoms with Gasteiger partial charge in [-0.2, -0.15) is 9.97 Å². The van der Waals surface area contributed by atoms with Crippen LogP contribution in [-0.4, -0.2) is 84.2 Å². The van der Waals surface area contributed by atoms with Crippen LogP contribution in [0.5, 0.6) is 0 Å². The van der Waals surface area contributed by atoms with Crippen LogP contribution in [0.4, 0.5) is 23.5 Å². The van der Waals surface area contributed by atoms with Gasteiger partial charge in [-0.15, -0.1) is 22.7 Å². The summed E-state index contributed by atoms with van der Waals surface area (Å²) in [4.78, 5) is 28.3. The number of piperazine rings is 2. The van der Waals surface area contributed by atoms with Crippen molar-refractivity contribution in [1.82, 2.24) is 30.2 Å². The zero-order valence-electron chi connectivity index (χ0n) is 23.9. The Morgan fingerprint density at radius 2 is 1.07 bits per heavy atom. The molecule has 41 heavy (non-hydrogen) atoms. The van der Waals surface area contributed by atoms with Crippen LogP contribution in [-0.2, 0) is 25.7 Å². The van der Waals surface area contributed by atoms with Crippen molar-refractivity contribution in [3.8, 4) is 0 Å². The van der Waals surface area contributed by atoms with E-state index < -0.39 is 0 Å². The predicted molar refractivity (Wildman–Crippen MR) is 172 cm³/mol. The Morgan fingerprint density at radius 1 is 0.610 bits per heavy atom. The highest BCUT2D eigenvalue weighted by atomic mass is 32.1. The van der Waals surface area contributed by atoms with Crippen molar-refractivity contribution in [2.24, 2.45) is 0 Å². The van der Waals surface area contributed by atoms with E-state index in [1.807, 2.05) is 22.7 Å². The molecule has 218 valence electrons. The number of thiophene rings is 2. The minimum Gasteiger partial charge on any atom is -0.368 e. The molecule has 4 aliphatic rings. The summed E-state index contributed by atoms with van der Waals surface area (Å²) in [6.07, 6.45) is 9.81. The largest absolute Gasteiger partial charge is 0.368 e. The Labute approximate surface area is 249 Å². The second-order valence-electron chi connectivity index (χ2n) is 11.6. The number of nitrogen functional groups attached to an aromatic ring is 2. The number of nitrogens with two attached hydrogens (primary N) is 2. The molecule has 4 aromatic rings. The van der Waals surface area contributed by atoms with E-state index in [4.69, 9.17) is 11.5 Å². The van der Waals surface area contributed by atoms with Crippen LogP contribution >= 0.6 is 22.7 Å². The van der Waals surface area contributed by atoms with Gasteiger partial charge in [0, 0.05) is 62.1 Å². The molecule has 8 rings (SSSR count). The van der Waals surface area contributed by atoms with E-state index in [0.29, 0.717) is 11.9 Å². The average Bonchev–Trinajstić information content (AvgIpc) is 3.56. The van der Waals surface area contributed by atoms with Crippen LogP contribution in [0.1, 0.15) is 46.6 Å². The first-order valence-electron chi connectivity index (χ1n) is 15.1. The van der Waals surface area contributed by atoms with E-state index in [2.05, 4.69) is 47.0 Å². The van der Waals surface area contributed by atoms with Crippen molar-refractivity contribution in [3.05, 3.63) is 20.9 Å². The van der Waals surface area contributed by atoms with Crippen LogP contribution < -0.4 is 26.6 Å². The second-order valence-corrected chi connectivity index (χ2v) is 13.8. The summed E-state index contributed by atoms with van der Waals surface area (Å²) < 4.78 is 2.49. The fraction of sp³-hybridized carbons (Fsp3) is 0.586. The molecule has 0 amide bonds. The Morgan fingerprint density at radius 3 is 1.59 bits per heavy atom. The Balaban J connectivity index is 0.000000135. The van der Waals surface area contributed by atoms with Gasteiger partial charge in [-0.05, 0) is 69.5 Å². The number of fused-ring (bicyclic) bond motifs is 6. The third-order valence-corrected chi connectivity index (χ3v) is 11.4. The molecule has 5 N–H and O–H groups in total. The highest BCUT2D eigenvalue weighted by Crippen LogP contribution is 2.41. The Hall–Kier alpha value is -2.80. The monoisotopic (exact) mass is 592 g/mol. The number of nitrogens with zero attached hydrogens (tertiary/aromatic N) is 7. The van der Waals surface area contributed by atoms with Crippen molar-refractivity contribution in [2.75, 3.05) is 80.7 Å². The average molecular weight is 593 g/mol. The smallest absolute Gasteiger partial charge is 0.222 e. The van der Waals surface area contributed by atoms with Gasteiger partial charge in [-0.25, -0.2) is 9.97 Å². The SMILES string of the molecule is CN1CCN(c2nc(N)nc3c4c(sc23)CCCC4)CC1.Nc1nc(N2CCNCC2)c2sc3c(c2n1)CCCC3. The molecule has 12 heteroatoms. The zero-order valence-corrected chi connectivity index (χ0v) is 25.5. The Bertz CT molecular complexity index is 1550. The lowest BCUT2D eigenvalue weighted by molar-refractivity contribution is 0.312. The second kappa shape index (κ2) is 11.5. The minimum atomic E-state index is 0.414. The topological polar surface area (TPSA) is 125 Å². The van der Waals surface area contributed by atoms with Gasteiger partial charge >= 0.3 is 0 Å². The maximum Gasteiger partial charge on any atom is 0.222 e. The summed E-state index contributed by atoms with van der Waals surface area (Å²) in [5.74, 6) is 2.94. The first-order valence-corrected chi connectivity index (χ1v) is 16.7. The standard InChI is InChI=1S/C15H21N5S.C14H19N5S/c1-19-6-8-20(9-7-19)14-13-12(17-15(16)18-14)10-4-2-3-5-11(10)21-13;15-14-17-11-9-3-1-2-4-10(9)20-12(11)13(18-14)19-7-5-16-6-8-19/h2-9H2,1H3,(H2,16,17,18);16H,1-8H2,(H2,15,17,18). The van der Waals surface area contributed by atoms with Gasteiger partial charge in [-0.1, -0.05) is 0 Å². The van der Waals surface area contributed by atoms with E-state index in [1.54, 1.807) is 0 Å². The number of rotatable bonds is 2. The molecule has 0 radical (unpaired) electrons. The summed E-state index contributed by atoms with van der Waals surface area (Å²) in [6.45, 7) is 8.21. The van der Waals surface area contributed by atoms with Gasteiger partial charge in [0.05, 0.1) is 20.4 Å². The molecule has 10 nitrogen and oxygen atoms in total. The molecule has 0 atom stereocenters. The predicted octanol–water partition coefficient (Wildman–Crippen LogP) is 3.47. The fourth-order valence-corrected chi connectivity index (χ4v) is 9.25. The first-order chi connectivity index (χ1) is 20.0. The molecule has 4 aromatic heterocycles. The van der Waals surface area contributed by atoms with Crippen molar-refractivity contribution >= 4 is 66.6 Å². The maximum absolute atomic E-state index is 6.00.